The van der Waals surface area contributed by atoms with E-state index in [4.69, 9.17) is 0 Å². The first-order valence-corrected chi connectivity index (χ1v) is 7.34. The number of pyridine rings is 1. The lowest BCUT2D eigenvalue weighted by Crippen LogP contribution is -2.61. The average Bonchev–Trinajstić information content (AvgIpc) is 2.43. The highest BCUT2D eigenvalue weighted by Gasteiger charge is 2.39. The molecule has 0 radical (unpaired) electrons. The Kier molecular flexibility index (Phi) is 3.80. The molecule has 19 heavy (non-hydrogen) atoms. The van der Waals surface area contributed by atoms with Gasteiger partial charge >= 0.3 is 0 Å². The highest BCUT2D eigenvalue weighted by atomic mass is 19.1. The second-order valence-electron chi connectivity index (χ2n) is 5.89. The second-order valence-corrected chi connectivity index (χ2v) is 5.89. The van der Waals surface area contributed by atoms with Crippen molar-refractivity contribution in [3.63, 3.8) is 0 Å². The maximum atomic E-state index is 13.3. The van der Waals surface area contributed by atoms with Gasteiger partial charge in [0.25, 0.3) is 0 Å². The van der Waals surface area contributed by atoms with Crippen molar-refractivity contribution < 1.29 is 4.39 Å². The summed E-state index contributed by atoms with van der Waals surface area (Å²) in [5, 5.41) is 3.54. The van der Waals surface area contributed by atoms with Gasteiger partial charge in [-0.15, -0.1) is 0 Å². The summed E-state index contributed by atoms with van der Waals surface area (Å²) in [6, 6.07) is 1.62. The van der Waals surface area contributed by atoms with Crippen LogP contribution in [0.5, 0.6) is 0 Å². The van der Waals surface area contributed by atoms with E-state index in [2.05, 4.69) is 15.2 Å². The average molecular weight is 263 g/mol. The topological polar surface area (TPSA) is 28.2 Å². The monoisotopic (exact) mass is 263 g/mol. The van der Waals surface area contributed by atoms with Crippen molar-refractivity contribution in [3.05, 3.63) is 29.8 Å². The van der Waals surface area contributed by atoms with Crippen LogP contribution in [0.1, 0.15) is 37.7 Å². The van der Waals surface area contributed by atoms with Crippen LogP contribution in [0, 0.1) is 5.82 Å². The molecular formula is C15H22FN3. The van der Waals surface area contributed by atoms with E-state index < -0.39 is 0 Å². The number of nitrogens with one attached hydrogen (secondary N) is 1. The third-order valence-corrected chi connectivity index (χ3v) is 4.60. The third kappa shape index (κ3) is 2.79. The van der Waals surface area contributed by atoms with Crippen LogP contribution < -0.4 is 5.32 Å². The van der Waals surface area contributed by atoms with Crippen LogP contribution in [0.3, 0.4) is 0 Å². The van der Waals surface area contributed by atoms with Crippen LogP contribution in [0.4, 0.5) is 4.39 Å². The molecule has 1 aromatic heterocycles. The van der Waals surface area contributed by atoms with E-state index in [1.165, 1.54) is 38.3 Å². The van der Waals surface area contributed by atoms with Gasteiger partial charge in [0.15, 0.2) is 0 Å². The van der Waals surface area contributed by atoms with E-state index in [1.54, 1.807) is 12.3 Å². The quantitative estimate of drug-likeness (QED) is 0.887. The number of halogens is 1. The van der Waals surface area contributed by atoms with E-state index in [1.807, 2.05) is 0 Å². The molecule has 2 aliphatic rings. The van der Waals surface area contributed by atoms with E-state index >= 15 is 0 Å². The molecule has 4 heteroatoms. The molecular weight excluding hydrogens is 241 g/mol. The van der Waals surface area contributed by atoms with Gasteiger partial charge in [-0.05, 0) is 24.5 Å². The zero-order chi connectivity index (χ0) is 13.1. The van der Waals surface area contributed by atoms with Crippen LogP contribution in [-0.4, -0.2) is 35.1 Å². The van der Waals surface area contributed by atoms with Crippen molar-refractivity contribution in [2.75, 3.05) is 19.6 Å². The van der Waals surface area contributed by atoms with Gasteiger partial charge in [-0.3, -0.25) is 9.88 Å². The lowest BCUT2D eigenvalue weighted by Gasteiger charge is -2.50. The molecule has 0 aromatic carbocycles. The Morgan fingerprint density at radius 3 is 2.89 bits per heavy atom. The molecule has 104 valence electrons. The maximum Gasteiger partial charge on any atom is 0.141 e. The zero-order valence-electron chi connectivity index (χ0n) is 11.4. The lowest BCUT2D eigenvalue weighted by molar-refractivity contribution is 0.0207. The van der Waals surface area contributed by atoms with Crippen molar-refractivity contribution >= 4 is 0 Å². The van der Waals surface area contributed by atoms with Crippen LogP contribution >= 0.6 is 0 Å². The molecule has 1 saturated heterocycles. The summed E-state index contributed by atoms with van der Waals surface area (Å²) in [4.78, 5) is 6.52. The SMILES string of the molecule is Fc1cncc(CN2CCNCC23CCCCC3)c1. The molecule has 1 aliphatic carbocycles. The van der Waals surface area contributed by atoms with E-state index in [0.29, 0.717) is 5.54 Å². The zero-order valence-corrected chi connectivity index (χ0v) is 11.4. The first-order chi connectivity index (χ1) is 9.28. The summed E-state index contributed by atoms with van der Waals surface area (Å²) in [5.41, 5.74) is 1.29. The van der Waals surface area contributed by atoms with E-state index in [-0.39, 0.29) is 5.82 Å². The predicted octanol–water partition coefficient (Wildman–Crippen LogP) is 2.33. The fourth-order valence-electron chi connectivity index (χ4n) is 3.60. The fourth-order valence-corrected chi connectivity index (χ4v) is 3.60. The molecule has 0 atom stereocenters. The van der Waals surface area contributed by atoms with Crippen molar-refractivity contribution in [2.45, 2.75) is 44.2 Å². The maximum absolute atomic E-state index is 13.3. The van der Waals surface area contributed by atoms with Gasteiger partial charge in [-0.25, -0.2) is 4.39 Å². The van der Waals surface area contributed by atoms with Gasteiger partial charge in [0.1, 0.15) is 5.82 Å². The number of aromatic nitrogens is 1. The third-order valence-electron chi connectivity index (χ3n) is 4.60. The number of nitrogens with zero attached hydrogens (tertiary/aromatic N) is 2. The normalized spacial score (nSPS) is 23.6. The Hall–Kier alpha value is -1.00. The summed E-state index contributed by atoms with van der Waals surface area (Å²) in [6.07, 6.45) is 9.60. The molecule has 0 amide bonds. The van der Waals surface area contributed by atoms with Crippen molar-refractivity contribution in [3.8, 4) is 0 Å². The van der Waals surface area contributed by atoms with Crippen molar-refractivity contribution in [2.24, 2.45) is 0 Å². The smallest absolute Gasteiger partial charge is 0.141 e. The second kappa shape index (κ2) is 5.55. The lowest BCUT2D eigenvalue weighted by atomic mass is 9.79. The van der Waals surface area contributed by atoms with E-state index in [9.17, 15) is 4.39 Å². The Morgan fingerprint density at radius 1 is 1.26 bits per heavy atom. The largest absolute Gasteiger partial charge is 0.314 e. The molecule has 1 aromatic rings. The van der Waals surface area contributed by atoms with Gasteiger partial charge in [0, 0.05) is 37.9 Å². The minimum absolute atomic E-state index is 0.231. The standard InChI is InChI=1S/C15H22FN3/c16-14-8-13(9-18-10-14)11-19-7-6-17-12-15(19)4-2-1-3-5-15/h8-10,17H,1-7,11-12H2. The summed E-state index contributed by atoms with van der Waals surface area (Å²) in [5.74, 6) is -0.231. The first kappa shape index (κ1) is 13.0. The summed E-state index contributed by atoms with van der Waals surface area (Å²) in [6.45, 7) is 3.99. The summed E-state index contributed by atoms with van der Waals surface area (Å²) in [7, 11) is 0. The molecule has 1 saturated carbocycles. The molecule has 1 aliphatic heterocycles. The highest BCUT2D eigenvalue weighted by molar-refractivity contribution is 5.12. The van der Waals surface area contributed by atoms with Gasteiger partial charge in [-0.2, -0.15) is 0 Å². The molecule has 0 bridgehead atoms. The Bertz CT molecular complexity index is 421. The molecule has 1 spiro atoms. The number of hydrogen-bond acceptors (Lipinski definition) is 3. The van der Waals surface area contributed by atoms with Crippen molar-refractivity contribution in [1.82, 2.24) is 15.2 Å². The minimum Gasteiger partial charge on any atom is -0.314 e. The van der Waals surface area contributed by atoms with Crippen LogP contribution in [0.15, 0.2) is 18.5 Å². The molecule has 1 N–H and O–H groups in total. The van der Waals surface area contributed by atoms with Crippen LogP contribution in [0.2, 0.25) is 0 Å². The van der Waals surface area contributed by atoms with Crippen molar-refractivity contribution in [1.29, 1.82) is 0 Å². The van der Waals surface area contributed by atoms with Gasteiger partial charge in [-0.1, -0.05) is 19.3 Å². The Balaban J connectivity index is 1.77. The molecule has 3 rings (SSSR count). The minimum atomic E-state index is -0.231. The summed E-state index contributed by atoms with van der Waals surface area (Å²) >= 11 is 0. The van der Waals surface area contributed by atoms with Gasteiger partial charge < -0.3 is 5.32 Å². The van der Waals surface area contributed by atoms with Gasteiger partial charge in [0.2, 0.25) is 0 Å². The Morgan fingerprint density at radius 2 is 2.11 bits per heavy atom. The summed E-state index contributed by atoms with van der Waals surface area (Å²) < 4.78 is 13.3. The Labute approximate surface area is 114 Å². The first-order valence-electron chi connectivity index (χ1n) is 7.34. The van der Waals surface area contributed by atoms with E-state index in [0.717, 1.165) is 31.7 Å². The molecule has 3 nitrogen and oxygen atoms in total. The highest BCUT2D eigenvalue weighted by Crippen LogP contribution is 2.35. The number of hydrogen-bond donors (Lipinski definition) is 1. The van der Waals surface area contributed by atoms with Gasteiger partial charge in [0.05, 0.1) is 6.20 Å². The number of rotatable bonds is 2. The predicted molar refractivity (Wildman–Crippen MR) is 73.3 cm³/mol. The number of piperazine rings is 1. The molecule has 2 fully saturated rings. The molecule has 2 heterocycles. The van der Waals surface area contributed by atoms with Crippen LogP contribution in [-0.2, 0) is 6.54 Å². The van der Waals surface area contributed by atoms with Crippen LogP contribution in [0.25, 0.3) is 0 Å². The fraction of sp³-hybridized carbons (Fsp3) is 0.667. The molecule has 0 unspecified atom stereocenters.